The first kappa shape index (κ1) is 27.0. The van der Waals surface area contributed by atoms with E-state index in [2.05, 4.69) is 0 Å². The first-order valence-electron chi connectivity index (χ1n) is 10.6. The van der Waals surface area contributed by atoms with Crippen LogP contribution in [0.2, 0.25) is 0 Å². The lowest BCUT2D eigenvalue weighted by molar-refractivity contribution is -0.297. The largest absolute Gasteiger partial charge is 0.460 e. The van der Waals surface area contributed by atoms with Crippen molar-refractivity contribution in [1.29, 1.82) is 0 Å². The molecule has 2 aromatic carbocycles. The monoisotopic (exact) mass is 522 g/mol. The molecule has 2 atom stereocenters. The fraction of sp³-hybridized carbons (Fsp3) is 0.458. The van der Waals surface area contributed by atoms with Crippen molar-refractivity contribution in [1.82, 2.24) is 0 Å². The topological polar surface area (TPSA) is 60.4 Å². The number of esters is 1. The number of alkyl halides is 6. The molecular weight excluding hydrogens is 498 g/mol. The van der Waals surface area contributed by atoms with Gasteiger partial charge in [0.1, 0.15) is 10.3 Å². The normalized spacial score (nSPS) is 21.5. The minimum absolute atomic E-state index is 0.0269. The van der Waals surface area contributed by atoms with Gasteiger partial charge in [-0.25, -0.2) is 8.42 Å². The van der Waals surface area contributed by atoms with Gasteiger partial charge in [-0.1, -0.05) is 42.5 Å². The van der Waals surface area contributed by atoms with Crippen LogP contribution in [0, 0.1) is 5.92 Å². The maximum Gasteiger partial charge on any atom is 0.406 e. The van der Waals surface area contributed by atoms with Crippen LogP contribution in [0.5, 0.6) is 0 Å². The quantitative estimate of drug-likeness (QED) is 0.352. The Labute approximate surface area is 199 Å². The molecule has 11 heteroatoms. The summed E-state index contributed by atoms with van der Waals surface area (Å²) in [5.74, 6) is -2.01. The molecule has 2 unspecified atom stereocenters. The van der Waals surface area contributed by atoms with Crippen molar-refractivity contribution in [3.63, 3.8) is 0 Å². The van der Waals surface area contributed by atoms with Crippen molar-refractivity contribution in [3.05, 3.63) is 65.7 Å². The van der Waals surface area contributed by atoms with Crippen molar-refractivity contribution in [3.8, 4) is 0 Å². The molecule has 1 fully saturated rings. The van der Waals surface area contributed by atoms with Crippen molar-refractivity contribution < 1.29 is 44.3 Å². The Kier molecular flexibility index (Phi) is 6.37. The van der Waals surface area contributed by atoms with Gasteiger partial charge in [0.15, 0.2) is 15.3 Å². The van der Waals surface area contributed by atoms with Gasteiger partial charge in [-0.05, 0) is 57.4 Å². The summed E-state index contributed by atoms with van der Waals surface area (Å²) < 4.78 is 112. The molecule has 2 aromatic rings. The first-order valence-corrected chi connectivity index (χ1v) is 12.0. The minimum Gasteiger partial charge on any atom is -0.460 e. The molecule has 3 rings (SSSR count). The first-order chi connectivity index (χ1) is 15.8. The van der Waals surface area contributed by atoms with Crippen LogP contribution in [0.4, 0.5) is 26.3 Å². The van der Waals surface area contributed by atoms with E-state index in [1.807, 2.05) is 0 Å². The highest BCUT2D eigenvalue weighted by Crippen LogP contribution is 2.61. The van der Waals surface area contributed by atoms with E-state index in [4.69, 9.17) is 4.74 Å². The summed E-state index contributed by atoms with van der Waals surface area (Å²) in [5, 5.41) is 0. The lowest BCUT2D eigenvalue weighted by atomic mass is 9.80. The third-order valence-corrected chi connectivity index (χ3v) is 8.76. The molecule has 0 saturated heterocycles. The zero-order valence-corrected chi connectivity index (χ0v) is 20.1. The Morgan fingerprint density at radius 3 is 1.77 bits per heavy atom. The molecule has 35 heavy (non-hydrogen) atoms. The number of rotatable bonds is 5. The molecule has 0 N–H and O–H groups in total. The van der Waals surface area contributed by atoms with E-state index >= 15 is 0 Å². The van der Waals surface area contributed by atoms with Gasteiger partial charge in [0.05, 0.1) is 10.8 Å². The van der Waals surface area contributed by atoms with E-state index in [9.17, 15) is 39.6 Å². The third kappa shape index (κ3) is 4.43. The second-order valence-electron chi connectivity index (χ2n) is 9.69. The molecule has 1 aliphatic rings. The van der Waals surface area contributed by atoms with Gasteiger partial charge in [0.25, 0.3) is 0 Å². The molecule has 0 amide bonds. The summed E-state index contributed by atoms with van der Waals surface area (Å²) in [5.41, 5.74) is -6.29. The Morgan fingerprint density at radius 2 is 1.34 bits per heavy atom. The Hall–Kier alpha value is -2.56. The number of benzene rings is 2. The molecule has 1 aliphatic carbocycles. The standard InChI is InChI=1S/C24H24F6O4S/c1-20(2,3)34-19(31)18-14-22(18,35(32,33)17-8-6-5-7-9-17)16-12-10-15(11-13-16)21(4,23(25,26)27)24(28,29)30/h5-13,18H,14H2,1-4H3. The Balaban J connectivity index is 2.14. The maximum atomic E-state index is 13.6. The number of carbonyl (C=O) groups is 1. The summed E-state index contributed by atoms with van der Waals surface area (Å²) in [4.78, 5) is 12.7. The van der Waals surface area contributed by atoms with Crippen LogP contribution in [0.15, 0.2) is 59.5 Å². The zero-order chi connectivity index (χ0) is 26.7. The predicted octanol–water partition coefficient (Wildman–Crippen LogP) is 6.10. The third-order valence-electron chi connectivity index (χ3n) is 6.22. The van der Waals surface area contributed by atoms with Gasteiger partial charge in [-0.2, -0.15) is 26.3 Å². The van der Waals surface area contributed by atoms with E-state index in [1.54, 1.807) is 26.8 Å². The summed E-state index contributed by atoms with van der Waals surface area (Å²) in [6.45, 7) is 4.79. The molecule has 0 bridgehead atoms. The molecule has 0 aliphatic heterocycles. The van der Waals surface area contributed by atoms with Crippen molar-refractivity contribution in [2.45, 2.75) is 67.1 Å². The molecule has 4 nitrogen and oxygen atoms in total. The number of hydrogen-bond acceptors (Lipinski definition) is 4. The molecule has 1 saturated carbocycles. The Morgan fingerprint density at radius 1 is 0.857 bits per heavy atom. The maximum absolute atomic E-state index is 13.6. The molecule has 192 valence electrons. The number of halogens is 6. The van der Waals surface area contributed by atoms with Crippen molar-refractivity contribution in [2.24, 2.45) is 5.92 Å². The highest BCUT2D eigenvalue weighted by Gasteiger charge is 2.70. The lowest BCUT2D eigenvalue weighted by Gasteiger charge is -2.34. The van der Waals surface area contributed by atoms with E-state index in [0.29, 0.717) is 12.1 Å². The number of carbonyl (C=O) groups excluding carboxylic acids is 1. The highest BCUT2D eigenvalue weighted by atomic mass is 32.2. The van der Waals surface area contributed by atoms with Crippen LogP contribution in [0.1, 0.15) is 45.2 Å². The van der Waals surface area contributed by atoms with Crippen LogP contribution in [0.3, 0.4) is 0 Å². The van der Waals surface area contributed by atoms with E-state index < -0.39 is 55.4 Å². The van der Waals surface area contributed by atoms with Gasteiger partial charge in [0, 0.05) is 0 Å². The van der Waals surface area contributed by atoms with Crippen LogP contribution in [-0.2, 0) is 29.5 Å². The van der Waals surface area contributed by atoms with Crippen molar-refractivity contribution in [2.75, 3.05) is 0 Å². The van der Waals surface area contributed by atoms with Crippen LogP contribution in [-0.4, -0.2) is 32.3 Å². The molecule has 0 spiro atoms. The molecule has 0 radical (unpaired) electrons. The van der Waals surface area contributed by atoms with Gasteiger partial charge in [0.2, 0.25) is 0 Å². The number of hydrogen-bond donors (Lipinski definition) is 0. The Bertz CT molecular complexity index is 1180. The SMILES string of the molecule is CC(C)(C)OC(=O)C1CC1(c1ccc(C(C)(C(F)(F)F)C(F)(F)F)cc1)S(=O)(=O)c1ccccc1. The summed E-state index contributed by atoms with van der Waals surface area (Å²) in [7, 11) is -4.28. The fourth-order valence-corrected chi connectivity index (χ4v) is 6.29. The fourth-order valence-electron chi connectivity index (χ4n) is 4.05. The van der Waals surface area contributed by atoms with E-state index in [-0.39, 0.29) is 23.8 Å². The van der Waals surface area contributed by atoms with Gasteiger partial charge < -0.3 is 4.74 Å². The van der Waals surface area contributed by atoms with Crippen LogP contribution < -0.4 is 0 Å². The summed E-state index contributed by atoms with van der Waals surface area (Å²) in [6.07, 6.45) is -11.5. The summed E-state index contributed by atoms with van der Waals surface area (Å²) in [6, 6.07) is 10.2. The molecule has 0 aromatic heterocycles. The molecule has 0 heterocycles. The second-order valence-corrected chi connectivity index (χ2v) is 11.9. The average molecular weight is 523 g/mol. The van der Waals surface area contributed by atoms with Gasteiger partial charge in [-0.15, -0.1) is 0 Å². The predicted molar refractivity (Wildman–Crippen MR) is 115 cm³/mol. The lowest BCUT2D eigenvalue weighted by Crippen LogP contribution is -2.51. The second kappa shape index (κ2) is 8.25. The summed E-state index contributed by atoms with van der Waals surface area (Å²) >= 11 is 0. The number of ether oxygens (including phenoxy) is 1. The van der Waals surface area contributed by atoms with Crippen LogP contribution in [0.25, 0.3) is 0 Å². The van der Waals surface area contributed by atoms with Gasteiger partial charge in [-0.3, -0.25) is 4.79 Å². The van der Waals surface area contributed by atoms with Crippen molar-refractivity contribution >= 4 is 15.8 Å². The minimum atomic E-state index is -5.65. The highest BCUT2D eigenvalue weighted by molar-refractivity contribution is 7.92. The smallest absolute Gasteiger partial charge is 0.406 e. The van der Waals surface area contributed by atoms with Gasteiger partial charge >= 0.3 is 18.3 Å². The molecular formula is C24H24F6O4S. The zero-order valence-electron chi connectivity index (χ0n) is 19.3. The van der Waals surface area contributed by atoms with E-state index in [0.717, 1.165) is 12.1 Å². The van der Waals surface area contributed by atoms with E-state index in [1.165, 1.54) is 24.3 Å². The van der Waals surface area contributed by atoms with Crippen LogP contribution >= 0.6 is 0 Å². The number of sulfone groups is 1. The average Bonchev–Trinajstić information content (AvgIpc) is 3.49.